The molecule has 0 fully saturated rings. The van der Waals surface area contributed by atoms with Crippen LogP contribution in [0.1, 0.15) is 16.1 Å². The van der Waals surface area contributed by atoms with Crippen molar-refractivity contribution >= 4 is 11.6 Å². The van der Waals surface area contributed by atoms with Gasteiger partial charge in [-0.2, -0.15) is 5.10 Å². The highest BCUT2D eigenvalue weighted by Gasteiger charge is 2.19. The minimum Gasteiger partial charge on any atom is -0.497 e. The van der Waals surface area contributed by atoms with Gasteiger partial charge in [0.05, 0.1) is 25.5 Å². The van der Waals surface area contributed by atoms with Gasteiger partial charge in [0.2, 0.25) is 0 Å². The van der Waals surface area contributed by atoms with E-state index >= 15 is 0 Å². The number of hydrogen-bond donors (Lipinski definition) is 1. The zero-order chi connectivity index (χ0) is 21.6. The molecular formula is C23H22N4O4. The first kappa shape index (κ1) is 20.2. The van der Waals surface area contributed by atoms with Crippen molar-refractivity contribution in [2.24, 2.45) is 0 Å². The zero-order valence-corrected chi connectivity index (χ0v) is 17.2. The molecule has 0 spiro atoms. The number of methoxy groups -OCH3 is 1. The highest BCUT2D eigenvalue weighted by molar-refractivity contribution is 6.06. The molecule has 0 atom stereocenters. The molecule has 1 amide bonds. The van der Waals surface area contributed by atoms with Gasteiger partial charge in [-0.25, -0.2) is 4.98 Å². The predicted molar refractivity (Wildman–Crippen MR) is 115 cm³/mol. The maximum absolute atomic E-state index is 12.7. The van der Waals surface area contributed by atoms with Crippen molar-refractivity contribution in [2.45, 2.75) is 13.5 Å². The Kier molecular flexibility index (Phi) is 5.98. The van der Waals surface area contributed by atoms with Crippen LogP contribution in [0.15, 0.2) is 71.7 Å². The quantitative estimate of drug-likeness (QED) is 0.461. The number of carbonyl (C=O) groups is 1. The summed E-state index contributed by atoms with van der Waals surface area (Å²) in [4.78, 5) is 16.8. The lowest BCUT2D eigenvalue weighted by Gasteiger charge is -2.07. The van der Waals surface area contributed by atoms with E-state index in [9.17, 15) is 4.79 Å². The van der Waals surface area contributed by atoms with Gasteiger partial charge in [-0.15, -0.1) is 0 Å². The molecule has 0 saturated heterocycles. The van der Waals surface area contributed by atoms with E-state index in [0.717, 1.165) is 22.6 Å². The summed E-state index contributed by atoms with van der Waals surface area (Å²) in [5, 5.41) is 7.07. The molecule has 2 aromatic heterocycles. The van der Waals surface area contributed by atoms with Gasteiger partial charge in [-0.3, -0.25) is 9.48 Å². The summed E-state index contributed by atoms with van der Waals surface area (Å²) in [6.45, 7) is 2.92. The largest absolute Gasteiger partial charge is 0.497 e. The van der Waals surface area contributed by atoms with E-state index in [4.69, 9.17) is 13.9 Å². The number of nitrogens with one attached hydrogen (secondary N) is 1. The van der Waals surface area contributed by atoms with Gasteiger partial charge in [-0.1, -0.05) is 29.8 Å². The number of anilines is 1. The minimum atomic E-state index is -0.363. The van der Waals surface area contributed by atoms with Crippen LogP contribution in [0.3, 0.4) is 0 Å². The van der Waals surface area contributed by atoms with Gasteiger partial charge in [0.15, 0.2) is 17.8 Å². The molecule has 158 valence electrons. The van der Waals surface area contributed by atoms with Crippen LogP contribution in [0.25, 0.3) is 11.3 Å². The molecule has 2 aromatic carbocycles. The normalized spacial score (nSPS) is 10.6. The molecule has 0 aliphatic carbocycles. The fraction of sp³-hybridized carbons (Fsp3) is 0.174. The first-order chi connectivity index (χ1) is 15.1. The number of ether oxygens (including phenoxy) is 2. The second kappa shape index (κ2) is 9.17. The van der Waals surface area contributed by atoms with Crippen molar-refractivity contribution in [3.05, 3.63) is 78.6 Å². The van der Waals surface area contributed by atoms with Gasteiger partial charge in [-0.05, 0) is 25.1 Å². The Morgan fingerprint density at radius 3 is 2.84 bits per heavy atom. The fourth-order valence-electron chi connectivity index (χ4n) is 3.09. The Morgan fingerprint density at radius 2 is 2.00 bits per heavy atom. The monoisotopic (exact) mass is 418 g/mol. The maximum atomic E-state index is 12.7. The number of hydrogen-bond acceptors (Lipinski definition) is 6. The molecule has 8 nitrogen and oxygen atoms in total. The van der Waals surface area contributed by atoms with Crippen molar-refractivity contribution < 1.29 is 18.7 Å². The lowest BCUT2D eigenvalue weighted by Crippen LogP contribution is -2.13. The highest BCUT2D eigenvalue weighted by atomic mass is 16.5. The first-order valence-corrected chi connectivity index (χ1v) is 9.73. The standard InChI is InChI=1S/C23H22N4O4/c1-16-5-3-6-17(11-16)22-21(24-15-31-22)23(28)26-18-13-25-27(14-18)9-10-30-20-8-4-7-19(12-20)29-2/h3-8,11-15H,9-10H2,1-2H3,(H,26,28). The van der Waals surface area contributed by atoms with Crippen molar-refractivity contribution in [1.29, 1.82) is 0 Å². The van der Waals surface area contributed by atoms with Gasteiger partial charge in [0.25, 0.3) is 5.91 Å². The molecule has 0 radical (unpaired) electrons. The summed E-state index contributed by atoms with van der Waals surface area (Å²) in [6.07, 6.45) is 4.58. The maximum Gasteiger partial charge on any atom is 0.278 e. The molecule has 2 heterocycles. The van der Waals surface area contributed by atoms with Crippen molar-refractivity contribution in [1.82, 2.24) is 14.8 Å². The van der Waals surface area contributed by atoms with E-state index in [0.29, 0.717) is 24.6 Å². The summed E-state index contributed by atoms with van der Waals surface area (Å²) in [6, 6.07) is 15.1. The number of aryl methyl sites for hydroxylation is 1. The van der Waals surface area contributed by atoms with E-state index in [-0.39, 0.29) is 11.6 Å². The number of oxazole rings is 1. The molecule has 4 aromatic rings. The molecule has 1 N–H and O–H groups in total. The van der Waals surface area contributed by atoms with Crippen molar-refractivity contribution in [3.63, 3.8) is 0 Å². The number of carbonyl (C=O) groups excluding carboxylic acids is 1. The molecule has 0 unspecified atom stereocenters. The van der Waals surface area contributed by atoms with Crippen LogP contribution in [-0.4, -0.2) is 34.4 Å². The molecule has 0 aliphatic rings. The van der Waals surface area contributed by atoms with Crippen LogP contribution >= 0.6 is 0 Å². The van der Waals surface area contributed by atoms with E-state index in [1.165, 1.54) is 6.39 Å². The zero-order valence-electron chi connectivity index (χ0n) is 17.2. The SMILES string of the molecule is COc1cccc(OCCn2cc(NC(=O)c3ncoc3-c3cccc(C)c3)cn2)c1. The molecule has 8 heteroatoms. The van der Waals surface area contributed by atoms with E-state index in [1.54, 1.807) is 24.2 Å². The fourth-order valence-corrected chi connectivity index (χ4v) is 3.09. The minimum absolute atomic E-state index is 0.222. The Hall–Kier alpha value is -4.07. The van der Waals surface area contributed by atoms with Gasteiger partial charge >= 0.3 is 0 Å². The predicted octanol–water partition coefficient (Wildman–Crippen LogP) is 4.19. The van der Waals surface area contributed by atoms with E-state index in [1.807, 2.05) is 55.5 Å². The topological polar surface area (TPSA) is 91.4 Å². The first-order valence-electron chi connectivity index (χ1n) is 9.73. The van der Waals surface area contributed by atoms with Crippen LogP contribution in [0.2, 0.25) is 0 Å². The number of nitrogens with zero attached hydrogens (tertiary/aromatic N) is 3. The Labute approximate surface area is 179 Å². The number of benzene rings is 2. The highest BCUT2D eigenvalue weighted by Crippen LogP contribution is 2.24. The van der Waals surface area contributed by atoms with Crippen molar-refractivity contribution in [3.8, 4) is 22.8 Å². The second-order valence-corrected chi connectivity index (χ2v) is 6.87. The van der Waals surface area contributed by atoms with E-state index in [2.05, 4.69) is 15.4 Å². The van der Waals surface area contributed by atoms with Gasteiger partial charge in [0, 0.05) is 17.8 Å². The number of rotatable bonds is 8. The molecule has 31 heavy (non-hydrogen) atoms. The third-order valence-electron chi connectivity index (χ3n) is 4.58. The molecule has 4 rings (SSSR count). The average molecular weight is 418 g/mol. The summed E-state index contributed by atoms with van der Waals surface area (Å²) in [7, 11) is 1.61. The summed E-state index contributed by atoms with van der Waals surface area (Å²) >= 11 is 0. The number of amides is 1. The van der Waals surface area contributed by atoms with Crippen LogP contribution in [-0.2, 0) is 6.54 Å². The summed E-state index contributed by atoms with van der Waals surface area (Å²) < 4.78 is 18.1. The molecule has 0 aliphatic heterocycles. The van der Waals surface area contributed by atoms with Gasteiger partial charge in [0.1, 0.15) is 18.1 Å². The van der Waals surface area contributed by atoms with Crippen LogP contribution in [0.4, 0.5) is 5.69 Å². The Balaban J connectivity index is 1.36. The Morgan fingerprint density at radius 1 is 1.16 bits per heavy atom. The number of aromatic nitrogens is 3. The summed E-state index contributed by atoms with van der Waals surface area (Å²) in [5.74, 6) is 1.52. The van der Waals surface area contributed by atoms with Crippen LogP contribution in [0, 0.1) is 6.92 Å². The summed E-state index contributed by atoms with van der Waals surface area (Å²) in [5.41, 5.74) is 2.65. The van der Waals surface area contributed by atoms with Gasteiger partial charge < -0.3 is 19.2 Å². The second-order valence-electron chi connectivity index (χ2n) is 6.87. The third-order valence-corrected chi connectivity index (χ3v) is 4.58. The third kappa shape index (κ3) is 4.92. The smallest absolute Gasteiger partial charge is 0.278 e. The lowest BCUT2D eigenvalue weighted by atomic mass is 10.1. The van der Waals surface area contributed by atoms with Crippen molar-refractivity contribution in [2.75, 3.05) is 19.0 Å². The van der Waals surface area contributed by atoms with E-state index < -0.39 is 0 Å². The molecule has 0 saturated carbocycles. The van der Waals surface area contributed by atoms with Crippen LogP contribution in [0.5, 0.6) is 11.5 Å². The Bertz CT molecular complexity index is 1180. The lowest BCUT2D eigenvalue weighted by molar-refractivity contribution is 0.102. The molecule has 0 bridgehead atoms. The average Bonchev–Trinajstić information content (AvgIpc) is 3.44. The van der Waals surface area contributed by atoms with Crippen LogP contribution < -0.4 is 14.8 Å². The molecular weight excluding hydrogens is 396 g/mol.